The molecule has 7 nitrogen and oxygen atoms in total. The lowest BCUT2D eigenvalue weighted by Crippen LogP contribution is -2.13. The van der Waals surface area contributed by atoms with E-state index in [2.05, 4.69) is 5.16 Å². The molecule has 1 amide bonds. The average Bonchev–Trinajstić information content (AvgIpc) is 3.31. The molecule has 1 aliphatic heterocycles. The number of benzene rings is 1. The van der Waals surface area contributed by atoms with Crippen molar-refractivity contribution in [3.8, 4) is 33.6 Å². The number of hydrogen-bond acceptors (Lipinski definition) is 7. The van der Waals surface area contributed by atoms with Gasteiger partial charge in [0.2, 0.25) is 6.79 Å². The third-order valence-electron chi connectivity index (χ3n) is 4.27. The van der Waals surface area contributed by atoms with Gasteiger partial charge >= 0.3 is 0 Å². The summed E-state index contributed by atoms with van der Waals surface area (Å²) >= 11 is 1.22. The Balaban J connectivity index is 1.61. The summed E-state index contributed by atoms with van der Waals surface area (Å²) in [5.74, 6) is 2.05. The van der Waals surface area contributed by atoms with E-state index < -0.39 is 5.91 Å². The van der Waals surface area contributed by atoms with Gasteiger partial charge < -0.3 is 24.5 Å². The predicted molar refractivity (Wildman–Crippen MR) is 88.4 cm³/mol. The molecule has 8 heteroatoms. The van der Waals surface area contributed by atoms with Gasteiger partial charge in [-0.2, -0.15) is 0 Å². The van der Waals surface area contributed by atoms with Crippen molar-refractivity contribution < 1.29 is 23.5 Å². The lowest BCUT2D eigenvalue weighted by molar-refractivity contribution is 0.100. The first-order chi connectivity index (χ1) is 12.2. The molecule has 0 saturated carbocycles. The van der Waals surface area contributed by atoms with Crippen molar-refractivity contribution in [2.75, 3.05) is 6.79 Å². The van der Waals surface area contributed by atoms with Gasteiger partial charge in [-0.3, -0.25) is 4.79 Å². The highest BCUT2D eigenvalue weighted by molar-refractivity contribution is 7.16. The zero-order valence-corrected chi connectivity index (χ0v) is 13.7. The molecular weight excluding hydrogens is 344 g/mol. The van der Waals surface area contributed by atoms with Gasteiger partial charge in [0.15, 0.2) is 22.3 Å². The molecule has 0 bridgehead atoms. The minimum absolute atomic E-state index is 0.195. The van der Waals surface area contributed by atoms with Gasteiger partial charge in [0, 0.05) is 11.6 Å². The first kappa shape index (κ1) is 14.4. The molecule has 0 unspecified atom stereocenters. The fourth-order valence-electron chi connectivity index (χ4n) is 3.13. The third kappa shape index (κ3) is 2.18. The highest BCUT2D eigenvalue weighted by Crippen LogP contribution is 2.49. The Morgan fingerprint density at radius 3 is 3.00 bits per heavy atom. The van der Waals surface area contributed by atoms with Gasteiger partial charge in [-0.05, 0) is 30.5 Å². The number of fused-ring (bicyclic) bond motifs is 4. The van der Waals surface area contributed by atoms with E-state index in [1.165, 1.54) is 11.3 Å². The standard InChI is InChI=1S/C17H12N2O5S/c18-16(20)15-10-3-1-8-6-19-24-14(8)13(10)17(25-15)23-9-2-4-11-12(5-9)22-7-21-11/h2,4-6H,1,3,7H2,(H2,18,20). The number of aryl methyl sites for hydroxylation is 1. The number of carbonyl (C=O) groups excluding carboxylic acids is 1. The van der Waals surface area contributed by atoms with Crippen LogP contribution in [0.2, 0.25) is 0 Å². The van der Waals surface area contributed by atoms with Gasteiger partial charge in [0.1, 0.15) is 5.75 Å². The molecule has 0 fully saturated rings. The zero-order chi connectivity index (χ0) is 17.0. The van der Waals surface area contributed by atoms with Gasteiger partial charge in [0.05, 0.1) is 16.6 Å². The Morgan fingerprint density at radius 1 is 1.24 bits per heavy atom. The molecule has 1 aliphatic carbocycles. The largest absolute Gasteiger partial charge is 0.454 e. The van der Waals surface area contributed by atoms with E-state index in [9.17, 15) is 4.79 Å². The number of rotatable bonds is 3. The van der Waals surface area contributed by atoms with E-state index >= 15 is 0 Å². The van der Waals surface area contributed by atoms with Crippen LogP contribution in [0.5, 0.6) is 22.3 Å². The molecule has 1 aromatic carbocycles. The zero-order valence-electron chi connectivity index (χ0n) is 12.9. The van der Waals surface area contributed by atoms with Crippen LogP contribution in [0.3, 0.4) is 0 Å². The predicted octanol–water partition coefficient (Wildman–Crippen LogP) is 3.12. The van der Waals surface area contributed by atoms with Crippen molar-refractivity contribution in [3.63, 3.8) is 0 Å². The van der Waals surface area contributed by atoms with Gasteiger partial charge in [-0.25, -0.2) is 0 Å². The monoisotopic (exact) mass is 356 g/mol. The molecule has 25 heavy (non-hydrogen) atoms. The Hall–Kier alpha value is -3.00. The van der Waals surface area contributed by atoms with Gasteiger partial charge in [0.25, 0.3) is 5.91 Å². The first-order valence-electron chi connectivity index (χ1n) is 7.67. The molecule has 2 N–H and O–H groups in total. The number of ether oxygens (including phenoxy) is 3. The molecule has 2 aromatic heterocycles. The number of hydrogen-bond donors (Lipinski definition) is 1. The third-order valence-corrected chi connectivity index (χ3v) is 5.39. The van der Waals surface area contributed by atoms with E-state index in [0.717, 1.165) is 23.1 Å². The number of thiophene rings is 1. The molecule has 0 spiro atoms. The molecule has 3 heterocycles. The molecule has 0 atom stereocenters. The van der Waals surface area contributed by atoms with Crippen molar-refractivity contribution in [2.45, 2.75) is 12.8 Å². The quantitative estimate of drug-likeness (QED) is 0.774. The van der Waals surface area contributed by atoms with E-state index in [1.807, 2.05) is 0 Å². The topological polar surface area (TPSA) is 96.8 Å². The molecule has 2 aliphatic rings. The summed E-state index contributed by atoms with van der Waals surface area (Å²) in [5, 5.41) is 4.43. The summed E-state index contributed by atoms with van der Waals surface area (Å²) in [7, 11) is 0. The van der Waals surface area contributed by atoms with E-state index in [1.54, 1.807) is 24.4 Å². The maximum Gasteiger partial charge on any atom is 0.259 e. The van der Waals surface area contributed by atoms with Crippen molar-refractivity contribution in [1.82, 2.24) is 5.16 Å². The summed E-state index contributed by atoms with van der Waals surface area (Å²) in [6.07, 6.45) is 3.15. The lowest BCUT2D eigenvalue weighted by Gasteiger charge is -2.12. The molecular formula is C17H12N2O5S. The summed E-state index contributed by atoms with van der Waals surface area (Å²) in [4.78, 5) is 12.3. The summed E-state index contributed by atoms with van der Waals surface area (Å²) in [6.45, 7) is 0.195. The molecule has 126 valence electrons. The number of carbonyl (C=O) groups is 1. The first-order valence-corrected chi connectivity index (χ1v) is 8.49. The van der Waals surface area contributed by atoms with Crippen LogP contribution in [-0.2, 0) is 12.8 Å². The van der Waals surface area contributed by atoms with E-state index in [0.29, 0.717) is 39.4 Å². The van der Waals surface area contributed by atoms with Gasteiger partial charge in [-0.1, -0.05) is 16.5 Å². The van der Waals surface area contributed by atoms with E-state index in [-0.39, 0.29) is 6.79 Å². The van der Waals surface area contributed by atoms with Crippen LogP contribution in [0.4, 0.5) is 0 Å². The van der Waals surface area contributed by atoms with Crippen molar-refractivity contribution in [2.24, 2.45) is 5.73 Å². The van der Waals surface area contributed by atoms with Crippen molar-refractivity contribution >= 4 is 17.2 Å². The fraction of sp³-hybridized carbons (Fsp3) is 0.176. The number of amides is 1. The van der Waals surface area contributed by atoms with Crippen LogP contribution in [0.25, 0.3) is 11.3 Å². The van der Waals surface area contributed by atoms with E-state index in [4.69, 9.17) is 24.5 Å². The fourth-order valence-corrected chi connectivity index (χ4v) is 4.20. The molecule has 0 saturated heterocycles. The Morgan fingerprint density at radius 2 is 2.12 bits per heavy atom. The molecule has 5 rings (SSSR count). The highest BCUT2D eigenvalue weighted by atomic mass is 32.1. The molecule has 0 radical (unpaired) electrons. The number of aromatic nitrogens is 1. The Bertz CT molecular complexity index is 1010. The number of nitrogens with zero attached hydrogens (tertiary/aromatic N) is 1. The maximum atomic E-state index is 11.8. The number of primary amides is 1. The minimum Gasteiger partial charge on any atom is -0.454 e. The Kier molecular flexibility index (Phi) is 3.01. The van der Waals surface area contributed by atoms with Crippen LogP contribution in [0.15, 0.2) is 28.9 Å². The van der Waals surface area contributed by atoms with Gasteiger partial charge in [-0.15, -0.1) is 0 Å². The smallest absolute Gasteiger partial charge is 0.259 e. The van der Waals surface area contributed by atoms with Crippen LogP contribution >= 0.6 is 11.3 Å². The highest BCUT2D eigenvalue weighted by Gasteiger charge is 2.31. The summed E-state index contributed by atoms with van der Waals surface area (Å²) in [5.41, 5.74) is 8.16. The van der Waals surface area contributed by atoms with Crippen LogP contribution in [-0.4, -0.2) is 17.9 Å². The summed E-state index contributed by atoms with van der Waals surface area (Å²) < 4.78 is 22.1. The van der Waals surface area contributed by atoms with Crippen LogP contribution in [0.1, 0.15) is 20.8 Å². The van der Waals surface area contributed by atoms with Crippen molar-refractivity contribution in [3.05, 3.63) is 40.4 Å². The second-order valence-corrected chi connectivity index (χ2v) is 6.72. The lowest BCUT2D eigenvalue weighted by atomic mass is 9.92. The second-order valence-electron chi connectivity index (χ2n) is 5.73. The maximum absolute atomic E-state index is 11.8. The average molecular weight is 356 g/mol. The molecule has 3 aromatic rings. The van der Waals surface area contributed by atoms with Crippen molar-refractivity contribution in [1.29, 1.82) is 0 Å². The van der Waals surface area contributed by atoms with Crippen LogP contribution < -0.4 is 19.9 Å². The SMILES string of the molecule is NC(=O)c1sc(Oc2ccc3c(c2)OCO3)c2c1CCc1cnoc1-2. The number of nitrogens with two attached hydrogens (primary N) is 1. The minimum atomic E-state index is -0.468. The summed E-state index contributed by atoms with van der Waals surface area (Å²) in [6, 6.07) is 5.32. The normalized spacial score (nSPS) is 14.1. The Labute approximate surface area is 145 Å². The van der Waals surface area contributed by atoms with Crippen LogP contribution in [0, 0.1) is 0 Å². The second kappa shape index (κ2) is 5.25.